The Morgan fingerprint density at radius 2 is 2.05 bits per heavy atom. The van der Waals surface area contributed by atoms with Crippen LogP contribution in [0.15, 0.2) is 23.1 Å². The largest absolute Gasteiger partial charge is 0.478 e. The Morgan fingerprint density at radius 3 is 2.53 bits per heavy atom. The minimum atomic E-state index is -3.71. The average molecular weight is 286 g/mol. The van der Waals surface area contributed by atoms with Crippen LogP contribution in [0.5, 0.6) is 0 Å². The lowest BCUT2D eigenvalue weighted by atomic mass is 10.2. The van der Waals surface area contributed by atoms with E-state index in [1.165, 1.54) is 19.2 Å². The molecule has 0 aliphatic carbocycles. The van der Waals surface area contributed by atoms with E-state index in [-0.39, 0.29) is 16.5 Å². The molecule has 0 amide bonds. The first kappa shape index (κ1) is 15.5. The van der Waals surface area contributed by atoms with Crippen molar-refractivity contribution in [2.24, 2.45) is 0 Å². The second-order valence-electron chi connectivity index (χ2n) is 4.18. The number of rotatable bonds is 6. The Morgan fingerprint density at radius 1 is 1.42 bits per heavy atom. The summed E-state index contributed by atoms with van der Waals surface area (Å²) in [6.45, 7) is 3.89. The first-order valence-electron chi connectivity index (χ1n) is 5.89. The van der Waals surface area contributed by atoms with Gasteiger partial charge < -0.3 is 10.4 Å². The molecule has 0 aliphatic rings. The maximum absolute atomic E-state index is 11.9. The van der Waals surface area contributed by atoms with Crippen LogP contribution in [0.4, 0.5) is 5.69 Å². The average Bonchev–Trinajstić information content (AvgIpc) is 2.38. The molecular weight excluding hydrogens is 268 g/mol. The minimum absolute atomic E-state index is 0.0600. The van der Waals surface area contributed by atoms with Crippen molar-refractivity contribution in [1.82, 2.24) is 4.72 Å². The topological polar surface area (TPSA) is 95.5 Å². The molecule has 0 spiro atoms. The quantitative estimate of drug-likeness (QED) is 0.736. The molecule has 0 unspecified atom stereocenters. The Bertz CT molecular complexity index is 569. The van der Waals surface area contributed by atoms with Gasteiger partial charge in [0.15, 0.2) is 0 Å². The summed E-state index contributed by atoms with van der Waals surface area (Å²) < 4.78 is 26.0. The van der Waals surface area contributed by atoms with Gasteiger partial charge in [-0.2, -0.15) is 0 Å². The third-order valence-electron chi connectivity index (χ3n) is 2.80. The SMILES string of the molecule is CC[C@@H](C)Nc1ccc(C(=O)O)cc1S(=O)(=O)NC. The van der Waals surface area contributed by atoms with Crippen LogP contribution in [0, 0.1) is 0 Å². The molecule has 0 radical (unpaired) electrons. The third-order valence-corrected chi connectivity index (χ3v) is 4.26. The fourth-order valence-electron chi connectivity index (χ4n) is 1.47. The van der Waals surface area contributed by atoms with E-state index in [4.69, 9.17) is 5.11 Å². The van der Waals surface area contributed by atoms with Gasteiger partial charge >= 0.3 is 5.97 Å². The molecule has 106 valence electrons. The summed E-state index contributed by atoms with van der Waals surface area (Å²) in [5.74, 6) is -1.16. The van der Waals surface area contributed by atoms with Crippen LogP contribution in [-0.2, 0) is 10.0 Å². The maximum atomic E-state index is 11.9. The van der Waals surface area contributed by atoms with Crippen molar-refractivity contribution in [2.75, 3.05) is 12.4 Å². The van der Waals surface area contributed by atoms with Crippen molar-refractivity contribution in [3.05, 3.63) is 23.8 Å². The standard InChI is InChI=1S/C12H18N2O4S/c1-4-8(2)14-10-6-5-9(12(15)16)7-11(10)19(17,18)13-3/h5-8,13-14H,4H2,1-3H3,(H,15,16)/t8-/m1/s1. The first-order valence-corrected chi connectivity index (χ1v) is 7.37. The molecule has 0 fully saturated rings. The fourth-order valence-corrected chi connectivity index (χ4v) is 2.39. The van der Waals surface area contributed by atoms with Crippen LogP contribution in [0.1, 0.15) is 30.6 Å². The number of nitrogens with one attached hydrogen (secondary N) is 2. The van der Waals surface area contributed by atoms with Gasteiger partial charge in [-0.1, -0.05) is 6.92 Å². The highest BCUT2D eigenvalue weighted by Gasteiger charge is 2.19. The molecule has 0 saturated heterocycles. The van der Waals surface area contributed by atoms with Gasteiger partial charge in [0.2, 0.25) is 10.0 Å². The number of benzene rings is 1. The zero-order valence-electron chi connectivity index (χ0n) is 11.1. The highest BCUT2D eigenvalue weighted by Crippen LogP contribution is 2.23. The van der Waals surface area contributed by atoms with Gasteiger partial charge in [0, 0.05) is 6.04 Å². The zero-order valence-corrected chi connectivity index (χ0v) is 11.9. The van der Waals surface area contributed by atoms with Gasteiger partial charge in [-0.3, -0.25) is 0 Å². The number of sulfonamides is 1. The molecule has 6 nitrogen and oxygen atoms in total. The maximum Gasteiger partial charge on any atom is 0.335 e. The summed E-state index contributed by atoms with van der Waals surface area (Å²) in [7, 11) is -2.43. The summed E-state index contributed by atoms with van der Waals surface area (Å²) in [5.41, 5.74) is 0.331. The van der Waals surface area contributed by atoms with Gasteiger partial charge in [-0.05, 0) is 38.6 Å². The third kappa shape index (κ3) is 3.68. The summed E-state index contributed by atoms with van der Waals surface area (Å²) in [5, 5.41) is 12.0. The van der Waals surface area contributed by atoms with Crippen molar-refractivity contribution in [1.29, 1.82) is 0 Å². The molecule has 7 heteroatoms. The molecule has 19 heavy (non-hydrogen) atoms. The van der Waals surface area contributed by atoms with E-state index in [0.29, 0.717) is 5.69 Å². The number of hydrogen-bond acceptors (Lipinski definition) is 4. The van der Waals surface area contributed by atoms with Crippen LogP contribution in [-0.4, -0.2) is 32.6 Å². The van der Waals surface area contributed by atoms with Gasteiger partial charge in [0.25, 0.3) is 0 Å². The molecule has 1 rings (SSSR count). The zero-order chi connectivity index (χ0) is 14.6. The summed E-state index contributed by atoms with van der Waals surface area (Å²) in [6.07, 6.45) is 0.819. The number of carboxylic acid groups (broad SMARTS) is 1. The van der Waals surface area contributed by atoms with Gasteiger partial charge in [0.1, 0.15) is 4.90 Å². The number of anilines is 1. The molecule has 1 aromatic rings. The van der Waals surface area contributed by atoms with Crippen LogP contribution >= 0.6 is 0 Å². The number of carboxylic acids is 1. The van der Waals surface area contributed by atoms with E-state index in [1.54, 1.807) is 0 Å². The molecule has 0 heterocycles. The molecule has 0 saturated carbocycles. The Balaban J connectivity index is 3.35. The van der Waals surface area contributed by atoms with E-state index in [1.807, 2.05) is 13.8 Å². The van der Waals surface area contributed by atoms with E-state index in [0.717, 1.165) is 12.5 Å². The normalized spacial score (nSPS) is 13.0. The lowest BCUT2D eigenvalue weighted by molar-refractivity contribution is 0.0696. The molecule has 0 aliphatic heterocycles. The smallest absolute Gasteiger partial charge is 0.335 e. The predicted molar refractivity (Wildman–Crippen MR) is 73.0 cm³/mol. The van der Waals surface area contributed by atoms with Crippen molar-refractivity contribution < 1.29 is 18.3 Å². The Kier molecular flexibility index (Phi) is 4.90. The van der Waals surface area contributed by atoms with Crippen LogP contribution in [0.3, 0.4) is 0 Å². The summed E-state index contributed by atoms with van der Waals surface area (Å²) in [4.78, 5) is 10.9. The number of aromatic carboxylic acids is 1. The van der Waals surface area contributed by atoms with E-state index in [2.05, 4.69) is 10.0 Å². The molecule has 0 aromatic heterocycles. The van der Waals surface area contributed by atoms with Gasteiger partial charge in [0.05, 0.1) is 11.3 Å². The van der Waals surface area contributed by atoms with Gasteiger partial charge in [-0.15, -0.1) is 0 Å². The van der Waals surface area contributed by atoms with Crippen LogP contribution < -0.4 is 10.0 Å². The van der Waals surface area contributed by atoms with E-state index >= 15 is 0 Å². The lowest BCUT2D eigenvalue weighted by Crippen LogP contribution is -2.23. The van der Waals surface area contributed by atoms with Crippen LogP contribution in [0.25, 0.3) is 0 Å². The summed E-state index contributed by atoms with van der Waals surface area (Å²) in [6, 6.07) is 4.09. The lowest BCUT2D eigenvalue weighted by Gasteiger charge is -2.17. The molecule has 1 aromatic carbocycles. The Labute approximate surface area is 112 Å². The van der Waals surface area contributed by atoms with Crippen molar-refractivity contribution in [2.45, 2.75) is 31.2 Å². The summed E-state index contributed by atoms with van der Waals surface area (Å²) >= 11 is 0. The Hall–Kier alpha value is -1.60. The molecular formula is C12H18N2O4S. The van der Waals surface area contributed by atoms with Crippen molar-refractivity contribution in [3.8, 4) is 0 Å². The first-order chi connectivity index (χ1) is 8.81. The van der Waals surface area contributed by atoms with Crippen LogP contribution in [0.2, 0.25) is 0 Å². The second kappa shape index (κ2) is 6.03. The second-order valence-corrected chi connectivity index (χ2v) is 6.03. The minimum Gasteiger partial charge on any atom is -0.478 e. The highest BCUT2D eigenvalue weighted by atomic mass is 32.2. The number of carbonyl (C=O) groups is 1. The molecule has 1 atom stereocenters. The van der Waals surface area contributed by atoms with E-state index in [9.17, 15) is 13.2 Å². The predicted octanol–water partition coefficient (Wildman–Crippen LogP) is 1.50. The molecule has 0 bridgehead atoms. The van der Waals surface area contributed by atoms with Gasteiger partial charge in [-0.25, -0.2) is 17.9 Å². The number of hydrogen-bond donors (Lipinski definition) is 3. The highest BCUT2D eigenvalue weighted by molar-refractivity contribution is 7.89. The van der Waals surface area contributed by atoms with E-state index < -0.39 is 16.0 Å². The van der Waals surface area contributed by atoms with Crippen molar-refractivity contribution >= 4 is 21.7 Å². The fraction of sp³-hybridized carbons (Fsp3) is 0.417. The van der Waals surface area contributed by atoms with Crippen molar-refractivity contribution in [3.63, 3.8) is 0 Å². The molecule has 3 N–H and O–H groups in total. The monoisotopic (exact) mass is 286 g/mol.